The van der Waals surface area contributed by atoms with Gasteiger partial charge in [0.05, 0.1) is 11.8 Å². The molecule has 0 N–H and O–H groups in total. The lowest BCUT2D eigenvalue weighted by atomic mass is 9.62. The van der Waals surface area contributed by atoms with Gasteiger partial charge < -0.3 is 4.74 Å². The van der Waals surface area contributed by atoms with E-state index in [1.807, 2.05) is 91.0 Å². The van der Waals surface area contributed by atoms with Gasteiger partial charge in [-0.1, -0.05) is 103 Å². The van der Waals surface area contributed by atoms with Crippen molar-refractivity contribution in [2.45, 2.75) is 50.0 Å². The number of ether oxygens (including phenoxy) is 1. The van der Waals surface area contributed by atoms with Gasteiger partial charge in [-0.3, -0.25) is 19.2 Å². The first kappa shape index (κ1) is 28.5. The molecule has 4 aromatic carbocycles. The molecular weight excluding hydrogens is 536 g/mol. The van der Waals surface area contributed by atoms with Crippen molar-refractivity contribution in [1.29, 1.82) is 0 Å². The van der Waals surface area contributed by atoms with Gasteiger partial charge in [0.25, 0.3) is 0 Å². The number of Topliss-reactive ketones (excluding diaryl/α,β-unsaturated/α-hetero) is 4. The summed E-state index contributed by atoms with van der Waals surface area (Å²) in [7, 11) is 0. The van der Waals surface area contributed by atoms with E-state index in [9.17, 15) is 19.2 Å². The normalized spacial score (nSPS) is 23.2. The number of carbonyl (C=O) groups excluding carboxylic acids is 4. The van der Waals surface area contributed by atoms with Gasteiger partial charge in [-0.2, -0.15) is 0 Å². The first-order valence-electron chi connectivity index (χ1n) is 15.0. The van der Waals surface area contributed by atoms with E-state index in [0.29, 0.717) is 17.9 Å². The molecule has 2 aliphatic rings. The maximum Gasteiger partial charge on any atom is 0.144 e. The molecule has 0 atom stereocenters. The summed E-state index contributed by atoms with van der Waals surface area (Å²) in [6.07, 6.45) is 0.821. The lowest BCUT2D eigenvalue weighted by Crippen LogP contribution is -2.45. The van der Waals surface area contributed by atoms with Crippen LogP contribution in [0.5, 0.6) is 5.75 Å². The Morgan fingerprint density at radius 3 is 1.33 bits per heavy atom. The summed E-state index contributed by atoms with van der Waals surface area (Å²) >= 11 is 0. The highest BCUT2D eigenvalue weighted by Crippen LogP contribution is 2.46. The number of benzene rings is 4. The fourth-order valence-corrected chi connectivity index (χ4v) is 6.81. The molecule has 4 aromatic rings. The fraction of sp³-hybridized carbons (Fsp3) is 0.263. The van der Waals surface area contributed by atoms with Gasteiger partial charge in [-0.05, 0) is 46.2 Å². The molecule has 0 unspecified atom stereocenters. The average Bonchev–Trinajstić information content (AvgIpc) is 3.04. The third-order valence-electron chi connectivity index (χ3n) is 8.95. The van der Waals surface area contributed by atoms with Crippen LogP contribution in [0.25, 0.3) is 0 Å². The number of carbonyl (C=O) groups is 4. The molecule has 2 fully saturated rings. The van der Waals surface area contributed by atoms with E-state index in [0.717, 1.165) is 16.7 Å². The predicted molar refractivity (Wildman–Crippen MR) is 164 cm³/mol. The van der Waals surface area contributed by atoms with Crippen LogP contribution in [0.4, 0.5) is 0 Å². The minimum atomic E-state index is -1.04. The third-order valence-corrected chi connectivity index (χ3v) is 8.95. The van der Waals surface area contributed by atoms with E-state index in [4.69, 9.17) is 4.74 Å². The molecular formula is C38H34O5. The first-order valence-corrected chi connectivity index (χ1v) is 15.0. The van der Waals surface area contributed by atoms with Gasteiger partial charge in [0.2, 0.25) is 0 Å². The molecule has 216 valence electrons. The number of hydrogen-bond donors (Lipinski definition) is 0. The van der Waals surface area contributed by atoms with Crippen molar-refractivity contribution in [3.8, 4) is 5.75 Å². The zero-order valence-corrected chi connectivity index (χ0v) is 23.9. The van der Waals surface area contributed by atoms with Crippen molar-refractivity contribution < 1.29 is 23.9 Å². The van der Waals surface area contributed by atoms with E-state index in [2.05, 4.69) is 0 Å². The van der Waals surface area contributed by atoms with Crippen LogP contribution in [0.3, 0.4) is 0 Å². The molecule has 0 radical (unpaired) electrons. The monoisotopic (exact) mass is 570 g/mol. The van der Waals surface area contributed by atoms with Gasteiger partial charge in [-0.25, -0.2) is 0 Å². The minimum Gasteiger partial charge on any atom is -0.489 e. The summed E-state index contributed by atoms with van der Waals surface area (Å²) in [4.78, 5) is 55.2. The van der Waals surface area contributed by atoms with E-state index in [1.54, 1.807) is 24.3 Å². The van der Waals surface area contributed by atoms with Gasteiger partial charge in [0.1, 0.15) is 35.5 Å². The Bertz CT molecular complexity index is 1480. The van der Waals surface area contributed by atoms with Crippen LogP contribution in [0, 0.1) is 11.8 Å². The standard InChI is InChI=1S/C38H34O5/c39-32-20-29(26-12-6-2-7-13-26)21-33(40)37(32)36(28-16-18-31(19-17-28)43-24-25-10-4-1-5-11-25)38-34(41)22-30(23-35(38)42)27-14-8-3-9-15-27/h1-19,29-30,36-38H,20-24H2. The van der Waals surface area contributed by atoms with Crippen LogP contribution in [0.2, 0.25) is 0 Å². The second kappa shape index (κ2) is 12.7. The molecule has 5 nitrogen and oxygen atoms in total. The van der Waals surface area contributed by atoms with Crippen LogP contribution in [-0.4, -0.2) is 23.1 Å². The summed E-state index contributed by atoms with van der Waals surface area (Å²) in [6, 6.07) is 36.2. The summed E-state index contributed by atoms with van der Waals surface area (Å²) in [5.41, 5.74) is 3.58. The first-order chi connectivity index (χ1) is 21.0. The van der Waals surface area contributed by atoms with E-state index >= 15 is 0 Å². The van der Waals surface area contributed by atoms with Gasteiger partial charge >= 0.3 is 0 Å². The highest BCUT2D eigenvalue weighted by Gasteiger charge is 2.50. The molecule has 43 heavy (non-hydrogen) atoms. The molecule has 0 aromatic heterocycles. The molecule has 2 saturated carbocycles. The second-order valence-electron chi connectivity index (χ2n) is 11.7. The average molecular weight is 571 g/mol. The minimum absolute atomic E-state index is 0.202. The Labute approximate surface area is 251 Å². The quantitative estimate of drug-likeness (QED) is 0.213. The summed E-state index contributed by atoms with van der Waals surface area (Å²) in [5.74, 6) is -3.51. The Balaban J connectivity index is 1.29. The smallest absolute Gasteiger partial charge is 0.144 e. The van der Waals surface area contributed by atoms with Crippen LogP contribution in [0.1, 0.15) is 65.7 Å². The number of hydrogen-bond acceptors (Lipinski definition) is 5. The summed E-state index contributed by atoms with van der Waals surface area (Å²) in [6.45, 7) is 0.393. The number of rotatable bonds is 8. The van der Waals surface area contributed by atoms with Crippen molar-refractivity contribution in [2.24, 2.45) is 11.8 Å². The topological polar surface area (TPSA) is 77.5 Å². The zero-order valence-electron chi connectivity index (χ0n) is 23.9. The van der Waals surface area contributed by atoms with Crippen molar-refractivity contribution >= 4 is 23.1 Å². The summed E-state index contributed by atoms with van der Waals surface area (Å²) in [5, 5.41) is 0. The lowest BCUT2D eigenvalue weighted by Gasteiger charge is -2.38. The molecule has 2 aliphatic carbocycles. The van der Waals surface area contributed by atoms with Crippen LogP contribution in [0.15, 0.2) is 115 Å². The van der Waals surface area contributed by atoms with Crippen LogP contribution >= 0.6 is 0 Å². The van der Waals surface area contributed by atoms with Gasteiger partial charge in [0.15, 0.2) is 0 Å². The second-order valence-corrected chi connectivity index (χ2v) is 11.7. The molecule has 0 aliphatic heterocycles. The highest BCUT2D eigenvalue weighted by atomic mass is 16.5. The molecule has 0 bridgehead atoms. The Kier molecular flexibility index (Phi) is 8.41. The van der Waals surface area contributed by atoms with Crippen molar-refractivity contribution in [1.82, 2.24) is 0 Å². The van der Waals surface area contributed by atoms with E-state index < -0.39 is 17.8 Å². The fourth-order valence-electron chi connectivity index (χ4n) is 6.81. The number of ketones is 4. The van der Waals surface area contributed by atoms with Gasteiger partial charge in [-0.15, -0.1) is 0 Å². The van der Waals surface area contributed by atoms with Crippen LogP contribution in [-0.2, 0) is 25.8 Å². The Hall–Kier alpha value is -4.64. The molecule has 0 amide bonds. The zero-order chi connectivity index (χ0) is 29.8. The summed E-state index contributed by atoms with van der Waals surface area (Å²) < 4.78 is 5.96. The molecule has 0 spiro atoms. The van der Waals surface area contributed by atoms with Crippen LogP contribution < -0.4 is 4.74 Å². The predicted octanol–water partition coefficient (Wildman–Crippen LogP) is 7.01. The molecule has 5 heteroatoms. The Morgan fingerprint density at radius 2 is 0.907 bits per heavy atom. The van der Waals surface area contributed by atoms with E-state index in [1.165, 1.54) is 0 Å². The van der Waals surface area contributed by atoms with Crippen molar-refractivity contribution in [2.75, 3.05) is 0 Å². The van der Waals surface area contributed by atoms with Crippen molar-refractivity contribution in [3.63, 3.8) is 0 Å². The van der Waals surface area contributed by atoms with Crippen molar-refractivity contribution in [3.05, 3.63) is 138 Å². The Morgan fingerprint density at radius 1 is 0.512 bits per heavy atom. The third kappa shape index (κ3) is 6.26. The van der Waals surface area contributed by atoms with Gasteiger partial charge in [0, 0.05) is 31.6 Å². The maximum absolute atomic E-state index is 13.8. The highest BCUT2D eigenvalue weighted by molar-refractivity contribution is 6.11. The molecule has 6 rings (SSSR count). The lowest BCUT2D eigenvalue weighted by molar-refractivity contribution is -0.142. The SMILES string of the molecule is O=C1CC(c2ccccc2)CC(=O)C1C(c1ccc(OCc2ccccc2)cc1)C1C(=O)CC(c2ccccc2)CC1=O. The molecule has 0 saturated heterocycles. The maximum atomic E-state index is 13.8. The molecule has 0 heterocycles. The van der Waals surface area contributed by atoms with E-state index in [-0.39, 0.29) is 60.7 Å². The largest absolute Gasteiger partial charge is 0.489 e.